The summed E-state index contributed by atoms with van der Waals surface area (Å²) in [6.07, 6.45) is 0. The van der Waals surface area contributed by atoms with Crippen LogP contribution in [0.4, 0.5) is 14.9 Å². The molecule has 2 aromatic rings. The van der Waals surface area contributed by atoms with Crippen LogP contribution in [0.1, 0.15) is 15.9 Å². The highest BCUT2D eigenvalue weighted by atomic mass is 32.1. The van der Waals surface area contributed by atoms with Gasteiger partial charge >= 0.3 is 12.0 Å². The molecule has 2 amide bonds. The van der Waals surface area contributed by atoms with Gasteiger partial charge in [-0.3, -0.25) is 0 Å². The summed E-state index contributed by atoms with van der Waals surface area (Å²) in [6.45, 7) is 0.353. The maximum atomic E-state index is 13.7. The number of halogens is 1. The summed E-state index contributed by atoms with van der Waals surface area (Å²) in [7, 11) is 1.55. The number of carbonyl (C=O) groups is 2. The topological polar surface area (TPSA) is 69.6 Å². The lowest BCUT2D eigenvalue weighted by Crippen LogP contribution is -2.31. The van der Waals surface area contributed by atoms with Gasteiger partial charge in [-0.25, -0.2) is 14.0 Å². The van der Waals surface area contributed by atoms with E-state index in [2.05, 4.69) is 5.32 Å². The van der Waals surface area contributed by atoms with E-state index in [0.717, 1.165) is 11.6 Å². The third-order valence-corrected chi connectivity index (χ3v) is 3.55. The predicted molar refractivity (Wildman–Crippen MR) is 78.2 cm³/mol. The number of nitrogens with zero attached hydrogens (tertiary/aromatic N) is 1. The van der Waals surface area contributed by atoms with E-state index in [1.54, 1.807) is 7.05 Å². The molecule has 0 spiro atoms. The molecular weight excluding hydrogens is 295 g/mol. The predicted octanol–water partition coefficient (Wildman–Crippen LogP) is 3.25. The molecule has 0 aliphatic heterocycles. The van der Waals surface area contributed by atoms with Crippen molar-refractivity contribution in [3.8, 4) is 0 Å². The lowest BCUT2D eigenvalue weighted by Gasteiger charge is -2.18. The second-order valence-corrected chi connectivity index (χ2v) is 5.17. The molecule has 0 aliphatic carbocycles. The van der Waals surface area contributed by atoms with Crippen molar-refractivity contribution in [1.82, 2.24) is 4.90 Å². The van der Waals surface area contributed by atoms with Crippen LogP contribution < -0.4 is 5.32 Å². The molecule has 5 nitrogen and oxygen atoms in total. The molecule has 2 rings (SSSR count). The zero-order valence-electron chi connectivity index (χ0n) is 11.2. The van der Waals surface area contributed by atoms with Gasteiger partial charge in [-0.1, -0.05) is 6.07 Å². The Morgan fingerprint density at radius 1 is 1.38 bits per heavy atom. The Hall–Kier alpha value is -2.41. The Labute approximate surface area is 124 Å². The van der Waals surface area contributed by atoms with Crippen molar-refractivity contribution in [2.24, 2.45) is 0 Å². The number of carboxylic acids is 1. The maximum Gasteiger partial charge on any atom is 0.337 e. The van der Waals surface area contributed by atoms with Crippen LogP contribution >= 0.6 is 11.3 Å². The zero-order valence-corrected chi connectivity index (χ0v) is 12.0. The molecule has 0 radical (unpaired) electrons. The lowest BCUT2D eigenvalue weighted by atomic mass is 10.1. The highest BCUT2D eigenvalue weighted by Crippen LogP contribution is 2.20. The Kier molecular flexibility index (Phi) is 4.54. The molecule has 0 bridgehead atoms. The lowest BCUT2D eigenvalue weighted by molar-refractivity contribution is 0.0697. The van der Waals surface area contributed by atoms with Crippen LogP contribution in [0.5, 0.6) is 0 Å². The first-order chi connectivity index (χ1) is 9.99. The molecule has 1 aromatic carbocycles. The Morgan fingerprint density at radius 2 is 2.14 bits per heavy atom. The third kappa shape index (κ3) is 3.57. The largest absolute Gasteiger partial charge is 0.478 e. The molecule has 7 heteroatoms. The second kappa shape index (κ2) is 6.36. The second-order valence-electron chi connectivity index (χ2n) is 4.39. The first kappa shape index (κ1) is 15.0. The van der Waals surface area contributed by atoms with Crippen LogP contribution in [0.3, 0.4) is 0 Å². The summed E-state index contributed by atoms with van der Waals surface area (Å²) in [4.78, 5) is 24.4. The normalized spacial score (nSPS) is 10.2. The SMILES string of the molecule is CN(Cc1ccsc1)C(=O)Nc1c(F)cccc1C(=O)O. The number of rotatable bonds is 4. The van der Waals surface area contributed by atoms with Crippen molar-refractivity contribution in [2.75, 3.05) is 12.4 Å². The summed E-state index contributed by atoms with van der Waals surface area (Å²) in [6, 6.07) is 4.92. The van der Waals surface area contributed by atoms with Gasteiger partial charge in [-0.05, 0) is 34.5 Å². The number of urea groups is 1. The molecule has 110 valence electrons. The van der Waals surface area contributed by atoms with Crippen molar-refractivity contribution in [2.45, 2.75) is 6.54 Å². The molecule has 1 aromatic heterocycles. The van der Waals surface area contributed by atoms with Gasteiger partial charge in [0.2, 0.25) is 0 Å². The fourth-order valence-electron chi connectivity index (χ4n) is 1.76. The first-order valence-electron chi connectivity index (χ1n) is 6.04. The van der Waals surface area contributed by atoms with Gasteiger partial charge in [0.05, 0.1) is 11.3 Å². The summed E-state index contributed by atoms with van der Waals surface area (Å²) < 4.78 is 13.7. The number of thiophene rings is 1. The van der Waals surface area contributed by atoms with Crippen molar-refractivity contribution in [1.29, 1.82) is 0 Å². The summed E-state index contributed by atoms with van der Waals surface area (Å²) >= 11 is 1.51. The minimum atomic E-state index is -1.30. The highest BCUT2D eigenvalue weighted by molar-refractivity contribution is 7.07. The minimum Gasteiger partial charge on any atom is -0.478 e. The molecule has 0 fully saturated rings. The molecule has 0 unspecified atom stereocenters. The van der Waals surface area contributed by atoms with Crippen LogP contribution in [0.25, 0.3) is 0 Å². The van der Waals surface area contributed by atoms with E-state index in [1.165, 1.54) is 28.4 Å². The number of hydrogen-bond donors (Lipinski definition) is 2. The fourth-order valence-corrected chi connectivity index (χ4v) is 2.42. The van der Waals surface area contributed by atoms with E-state index in [4.69, 9.17) is 5.11 Å². The fraction of sp³-hybridized carbons (Fsp3) is 0.143. The van der Waals surface area contributed by atoms with Crippen molar-refractivity contribution in [3.05, 3.63) is 52.0 Å². The number of hydrogen-bond acceptors (Lipinski definition) is 3. The van der Waals surface area contributed by atoms with E-state index < -0.39 is 17.8 Å². The smallest absolute Gasteiger partial charge is 0.337 e. The number of aromatic carboxylic acids is 1. The monoisotopic (exact) mass is 308 g/mol. The van der Waals surface area contributed by atoms with Crippen LogP contribution in [0, 0.1) is 5.82 Å². The van der Waals surface area contributed by atoms with Crippen molar-refractivity contribution < 1.29 is 19.1 Å². The number of nitrogens with one attached hydrogen (secondary N) is 1. The summed E-state index contributed by atoms with van der Waals surface area (Å²) in [5.41, 5.74) is 0.337. The molecule has 0 saturated heterocycles. The minimum absolute atomic E-state index is 0.285. The first-order valence-corrected chi connectivity index (χ1v) is 6.98. The quantitative estimate of drug-likeness (QED) is 0.911. The molecule has 0 atom stereocenters. The molecule has 0 saturated carbocycles. The van der Waals surface area contributed by atoms with Crippen molar-refractivity contribution in [3.63, 3.8) is 0 Å². The molecule has 2 N–H and O–H groups in total. The highest BCUT2D eigenvalue weighted by Gasteiger charge is 2.18. The van der Waals surface area contributed by atoms with Crippen molar-refractivity contribution >= 4 is 29.0 Å². The summed E-state index contributed by atoms with van der Waals surface area (Å²) in [5, 5.41) is 15.1. The van der Waals surface area contributed by atoms with Crippen LogP contribution in [-0.4, -0.2) is 29.1 Å². The van der Waals surface area contributed by atoms with E-state index in [1.807, 2.05) is 16.8 Å². The van der Waals surface area contributed by atoms with Gasteiger partial charge in [-0.15, -0.1) is 0 Å². The zero-order chi connectivity index (χ0) is 15.4. The van der Waals surface area contributed by atoms with Gasteiger partial charge in [-0.2, -0.15) is 11.3 Å². The average molecular weight is 308 g/mol. The number of para-hydroxylation sites is 1. The number of benzene rings is 1. The molecule has 1 heterocycles. The van der Waals surface area contributed by atoms with Gasteiger partial charge in [0, 0.05) is 13.6 Å². The van der Waals surface area contributed by atoms with Crippen LogP contribution in [-0.2, 0) is 6.54 Å². The van der Waals surface area contributed by atoms with Gasteiger partial charge in [0.25, 0.3) is 0 Å². The average Bonchev–Trinajstić information content (AvgIpc) is 2.93. The maximum absolute atomic E-state index is 13.7. The standard InChI is InChI=1S/C14H13FN2O3S/c1-17(7-9-5-6-21-8-9)14(20)16-12-10(13(18)19)3-2-4-11(12)15/h2-6,8H,7H2,1H3,(H,16,20)(H,18,19). The third-order valence-electron chi connectivity index (χ3n) is 2.82. The number of carboxylic acid groups (broad SMARTS) is 1. The summed E-state index contributed by atoms with van der Waals surface area (Å²) in [5.74, 6) is -2.09. The van der Waals surface area contributed by atoms with Gasteiger partial charge < -0.3 is 15.3 Å². The Morgan fingerprint density at radius 3 is 2.76 bits per heavy atom. The van der Waals surface area contributed by atoms with Crippen LogP contribution in [0.15, 0.2) is 35.0 Å². The number of anilines is 1. The molecular formula is C14H13FN2O3S. The van der Waals surface area contributed by atoms with E-state index in [9.17, 15) is 14.0 Å². The molecule has 21 heavy (non-hydrogen) atoms. The van der Waals surface area contributed by atoms with E-state index >= 15 is 0 Å². The Balaban J connectivity index is 2.14. The van der Waals surface area contributed by atoms with Gasteiger partial charge in [0.1, 0.15) is 5.82 Å². The van der Waals surface area contributed by atoms with Gasteiger partial charge in [0.15, 0.2) is 0 Å². The van der Waals surface area contributed by atoms with E-state index in [-0.39, 0.29) is 11.3 Å². The Bertz CT molecular complexity index is 658. The number of amides is 2. The molecule has 0 aliphatic rings. The van der Waals surface area contributed by atoms with E-state index in [0.29, 0.717) is 6.54 Å². The van der Waals surface area contributed by atoms with Crippen LogP contribution in [0.2, 0.25) is 0 Å². The number of carbonyl (C=O) groups excluding carboxylic acids is 1.